The third-order valence-electron chi connectivity index (χ3n) is 5.67. The SMILES string of the molecule is CC(C)(C)C1C(N)c2ccccc2C12CCN(C(=O)O)CC2. The fourth-order valence-electron chi connectivity index (χ4n) is 4.98. The molecule has 1 aromatic carbocycles. The van der Waals surface area contributed by atoms with E-state index < -0.39 is 6.09 Å². The lowest BCUT2D eigenvalue weighted by atomic mass is 9.59. The molecule has 1 aliphatic carbocycles. The number of piperidine rings is 1. The van der Waals surface area contributed by atoms with Crippen molar-refractivity contribution in [2.45, 2.75) is 45.1 Å². The molecule has 1 saturated heterocycles. The molecule has 2 unspecified atom stereocenters. The number of fused-ring (bicyclic) bond motifs is 2. The molecule has 1 heterocycles. The van der Waals surface area contributed by atoms with Gasteiger partial charge in [-0.1, -0.05) is 45.0 Å². The quantitative estimate of drug-likeness (QED) is 0.772. The van der Waals surface area contributed by atoms with Crippen LogP contribution in [0.1, 0.15) is 50.8 Å². The van der Waals surface area contributed by atoms with E-state index in [0.717, 1.165) is 12.8 Å². The van der Waals surface area contributed by atoms with Crippen LogP contribution in [0.2, 0.25) is 0 Å². The lowest BCUT2D eigenvalue weighted by Crippen LogP contribution is -2.50. The van der Waals surface area contributed by atoms with Gasteiger partial charge in [0.05, 0.1) is 0 Å². The lowest BCUT2D eigenvalue weighted by Gasteiger charge is -2.48. The van der Waals surface area contributed by atoms with Crippen molar-refractivity contribution in [1.29, 1.82) is 0 Å². The number of benzene rings is 1. The molecule has 0 bridgehead atoms. The second-order valence-electron chi connectivity index (χ2n) is 7.88. The van der Waals surface area contributed by atoms with E-state index in [1.54, 1.807) is 0 Å². The van der Waals surface area contributed by atoms with Gasteiger partial charge in [-0.25, -0.2) is 4.79 Å². The van der Waals surface area contributed by atoms with Crippen LogP contribution in [-0.4, -0.2) is 29.2 Å². The van der Waals surface area contributed by atoms with E-state index in [0.29, 0.717) is 19.0 Å². The second kappa shape index (κ2) is 4.98. The smallest absolute Gasteiger partial charge is 0.407 e. The van der Waals surface area contributed by atoms with Gasteiger partial charge in [0.15, 0.2) is 0 Å². The zero-order valence-electron chi connectivity index (χ0n) is 13.7. The molecule has 4 nitrogen and oxygen atoms in total. The third kappa shape index (κ3) is 2.12. The number of hydrogen-bond acceptors (Lipinski definition) is 2. The Labute approximate surface area is 132 Å². The van der Waals surface area contributed by atoms with E-state index >= 15 is 0 Å². The van der Waals surface area contributed by atoms with Crippen molar-refractivity contribution in [3.63, 3.8) is 0 Å². The van der Waals surface area contributed by atoms with E-state index in [1.807, 2.05) is 0 Å². The highest BCUT2D eigenvalue weighted by molar-refractivity contribution is 5.65. The van der Waals surface area contributed by atoms with Crippen molar-refractivity contribution < 1.29 is 9.90 Å². The molecule has 0 radical (unpaired) electrons. The predicted octanol–water partition coefficient (Wildman–Crippen LogP) is 3.37. The van der Waals surface area contributed by atoms with Crippen molar-refractivity contribution in [1.82, 2.24) is 4.90 Å². The van der Waals surface area contributed by atoms with Crippen LogP contribution in [0.3, 0.4) is 0 Å². The van der Waals surface area contributed by atoms with Crippen molar-refractivity contribution in [3.05, 3.63) is 35.4 Å². The molecule has 1 fully saturated rings. The van der Waals surface area contributed by atoms with Crippen LogP contribution in [-0.2, 0) is 5.41 Å². The third-order valence-corrected chi connectivity index (χ3v) is 5.67. The Morgan fingerprint density at radius 2 is 1.86 bits per heavy atom. The molecular formula is C18H26N2O2. The second-order valence-corrected chi connectivity index (χ2v) is 7.88. The number of carboxylic acid groups (broad SMARTS) is 1. The largest absolute Gasteiger partial charge is 0.465 e. The molecule has 0 saturated carbocycles. The van der Waals surface area contributed by atoms with Gasteiger partial charge in [0.2, 0.25) is 0 Å². The van der Waals surface area contributed by atoms with Gasteiger partial charge in [0.25, 0.3) is 0 Å². The van der Waals surface area contributed by atoms with Gasteiger partial charge in [-0.15, -0.1) is 0 Å². The molecule has 0 aromatic heterocycles. The van der Waals surface area contributed by atoms with E-state index in [9.17, 15) is 9.90 Å². The zero-order chi connectivity index (χ0) is 16.1. The summed E-state index contributed by atoms with van der Waals surface area (Å²) in [6, 6.07) is 8.53. The van der Waals surface area contributed by atoms with Gasteiger partial charge in [0, 0.05) is 24.5 Å². The van der Waals surface area contributed by atoms with Crippen LogP contribution in [0.25, 0.3) is 0 Å². The molecule has 3 rings (SSSR count). The van der Waals surface area contributed by atoms with Crippen LogP contribution in [0.5, 0.6) is 0 Å². The lowest BCUT2D eigenvalue weighted by molar-refractivity contribution is 0.0525. The molecule has 4 heteroatoms. The van der Waals surface area contributed by atoms with Gasteiger partial charge < -0.3 is 15.7 Å². The standard InChI is InChI=1S/C18H26N2O2/c1-17(2,3)15-14(19)12-6-4-5-7-13(12)18(15)8-10-20(11-9-18)16(21)22/h4-7,14-15H,8-11,19H2,1-3H3,(H,21,22). The van der Waals surface area contributed by atoms with E-state index in [2.05, 4.69) is 45.0 Å². The normalized spacial score (nSPS) is 27.0. The molecular weight excluding hydrogens is 276 g/mol. The van der Waals surface area contributed by atoms with Crippen molar-refractivity contribution in [3.8, 4) is 0 Å². The molecule has 1 aliphatic heterocycles. The van der Waals surface area contributed by atoms with Crippen LogP contribution in [0.4, 0.5) is 4.79 Å². The van der Waals surface area contributed by atoms with Crippen LogP contribution in [0, 0.1) is 11.3 Å². The van der Waals surface area contributed by atoms with Gasteiger partial charge in [0.1, 0.15) is 0 Å². The minimum absolute atomic E-state index is 0.0141. The Morgan fingerprint density at radius 3 is 2.41 bits per heavy atom. The van der Waals surface area contributed by atoms with Crippen molar-refractivity contribution >= 4 is 6.09 Å². The number of nitrogens with zero attached hydrogens (tertiary/aromatic N) is 1. The number of rotatable bonds is 0. The Hall–Kier alpha value is -1.55. The highest BCUT2D eigenvalue weighted by atomic mass is 16.4. The Balaban J connectivity index is 2.05. The summed E-state index contributed by atoms with van der Waals surface area (Å²) in [5.41, 5.74) is 9.36. The minimum atomic E-state index is -0.808. The summed E-state index contributed by atoms with van der Waals surface area (Å²) in [6.07, 6.45) is 0.926. The predicted molar refractivity (Wildman–Crippen MR) is 86.8 cm³/mol. The summed E-state index contributed by atoms with van der Waals surface area (Å²) >= 11 is 0. The molecule has 3 N–H and O–H groups in total. The van der Waals surface area contributed by atoms with Crippen LogP contribution >= 0.6 is 0 Å². The molecule has 22 heavy (non-hydrogen) atoms. The monoisotopic (exact) mass is 302 g/mol. The number of nitrogens with two attached hydrogens (primary N) is 1. The number of hydrogen-bond donors (Lipinski definition) is 2. The van der Waals surface area contributed by atoms with Crippen molar-refractivity contribution in [2.24, 2.45) is 17.1 Å². The first kappa shape index (κ1) is 15.3. The Kier molecular flexibility index (Phi) is 3.48. The van der Waals surface area contributed by atoms with Gasteiger partial charge >= 0.3 is 6.09 Å². The summed E-state index contributed by atoms with van der Waals surface area (Å²) in [7, 11) is 0. The van der Waals surface area contributed by atoms with Crippen molar-refractivity contribution in [2.75, 3.05) is 13.1 Å². The van der Waals surface area contributed by atoms with Crippen LogP contribution in [0.15, 0.2) is 24.3 Å². The first-order valence-corrected chi connectivity index (χ1v) is 8.10. The number of amides is 1. The molecule has 1 amide bonds. The summed E-state index contributed by atoms with van der Waals surface area (Å²) in [4.78, 5) is 12.8. The molecule has 2 aliphatic rings. The maximum Gasteiger partial charge on any atom is 0.407 e. The summed E-state index contributed by atoms with van der Waals surface area (Å²) in [5.74, 6) is 0.341. The molecule has 1 spiro atoms. The maximum absolute atomic E-state index is 11.2. The van der Waals surface area contributed by atoms with E-state index in [1.165, 1.54) is 16.0 Å². The zero-order valence-corrected chi connectivity index (χ0v) is 13.7. The van der Waals surface area contributed by atoms with E-state index in [4.69, 9.17) is 5.73 Å². The summed E-state index contributed by atoms with van der Waals surface area (Å²) in [5, 5.41) is 9.24. The average molecular weight is 302 g/mol. The topological polar surface area (TPSA) is 66.6 Å². The van der Waals surface area contributed by atoms with Gasteiger partial charge in [-0.3, -0.25) is 0 Å². The van der Waals surface area contributed by atoms with E-state index in [-0.39, 0.29) is 16.9 Å². The van der Waals surface area contributed by atoms with Crippen LogP contribution < -0.4 is 5.73 Å². The molecule has 2 atom stereocenters. The number of carbonyl (C=O) groups is 1. The summed E-state index contributed by atoms with van der Waals surface area (Å²) < 4.78 is 0. The average Bonchev–Trinajstić information content (AvgIpc) is 2.69. The highest BCUT2D eigenvalue weighted by Crippen LogP contribution is 2.59. The van der Waals surface area contributed by atoms with Gasteiger partial charge in [-0.2, -0.15) is 0 Å². The summed E-state index contributed by atoms with van der Waals surface area (Å²) in [6.45, 7) is 7.98. The first-order valence-electron chi connectivity index (χ1n) is 8.10. The Morgan fingerprint density at radius 1 is 1.27 bits per heavy atom. The highest BCUT2D eigenvalue weighted by Gasteiger charge is 2.55. The fourth-order valence-corrected chi connectivity index (χ4v) is 4.98. The Bertz CT molecular complexity index is 583. The molecule has 120 valence electrons. The number of likely N-dealkylation sites (tertiary alicyclic amines) is 1. The molecule has 1 aromatic rings. The maximum atomic E-state index is 11.2. The van der Waals surface area contributed by atoms with Gasteiger partial charge in [-0.05, 0) is 35.3 Å². The fraction of sp³-hybridized carbons (Fsp3) is 0.611. The minimum Gasteiger partial charge on any atom is -0.465 e. The first-order chi connectivity index (χ1) is 10.3.